The van der Waals surface area contributed by atoms with Crippen molar-refractivity contribution in [2.24, 2.45) is 0 Å². The Hall–Kier alpha value is -1.50. The first-order chi connectivity index (χ1) is 10.3. The first kappa shape index (κ1) is 14.4. The van der Waals surface area contributed by atoms with Gasteiger partial charge in [-0.1, -0.05) is 35.5 Å². The van der Waals surface area contributed by atoms with Crippen LogP contribution in [0.1, 0.15) is 22.2 Å². The fourth-order valence-corrected chi connectivity index (χ4v) is 3.40. The van der Waals surface area contributed by atoms with Crippen LogP contribution >= 0.6 is 27.3 Å². The maximum atomic E-state index is 5.25. The molecule has 6 heteroatoms. The van der Waals surface area contributed by atoms with E-state index in [4.69, 9.17) is 4.52 Å². The van der Waals surface area contributed by atoms with Crippen LogP contribution in [0.2, 0.25) is 0 Å². The Morgan fingerprint density at radius 3 is 2.71 bits per heavy atom. The van der Waals surface area contributed by atoms with E-state index < -0.39 is 0 Å². The third-order valence-electron chi connectivity index (χ3n) is 2.92. The highest BCUT2D eigenvalue weighted by molar-refractivity contribution is 9.11. The van der Waals surface area contributed by atoms with Gasteiger partial charge in [0.15, 0.2) is 5.82 Å². The average molecular weight is 364 g/mol. The van der Waals surface area contributed by atoms with E-state index in [0.29, 0.717) is 18.9 Å². The highest BCUT2D eigenvalue weighted by Gasteiger charge is 2.07. The molecule has 2 heterocycles. The SMILES string of the molecule is Brc1ccc(CNCc2nc(Cc3ccccc3)no2)s1. The number of rotatable bonds is 6. The molecule has 0 atom stereocenters. The summed E-state index contributed by atoms with van der Waals surface area (Å²) < 4.78 is 6.39. The average Bonchev–Trinajstić information content (AvgIpc) is 3.10. The minimum Gasteiger partial charge on any atom is -0.338 e. The van der Waals surface area contributed by atoms with E-state index in [1.54, 1.807) is 11.3 Å². The Morgan fingerprint density at radius 1 is 1.10 bits per heavy atom. The second-order valence-electron chi connectivity index (χ2n) is 4.58. The van der Waals surface area contributed by atoms with E-state index >= 15 is 0 Å². The third-order valence-corrected chi connectivity index (χ3v) is 4.54. The smallest absolute Gasteiger partial charge is 0.240 e. The van der Waals surface area contributed by atoms with Gasteiger partial charge in [-0.2, -0.15) is 4.98 Å². The summed E-state index contributed by atoms with van der Waals surface area (Å²) in [6.45, 7) is 1.38. The summed E-state index contributed by atoms with van der Waals surface area (Å²) in [4.78, 5) is 5.67. The number of nitrogens with one attached hydrogen (secondary N) is 1. The van der Waals surface area contributed by atoms with Crippen molar-refractivity contribution in [3.63, 3.8) is 0 Å². The van der Waals surface area contributed by atoms with Gasteiger partial charge in [0.1, 0.15) is 0 Å². The molecule has 0 unspecified atom stereocenters. The molecule has 0 fully saturated rings. The maximum Gasteiger partial charge on any atom is 0.240 e. The lowest BCUT2D eigenvalue weighted by Crippen LogP contribution is -2.12. The quantitative estimate of drug-likeness (QED) is 0.723. The summed E-state index contributed by atoms with van der Waals surface area (Å²) in [6, 6.07) is 14.3. The molecule has 0 amide bonds. The molecule has 3 aromatic rings. The second kappa shape index (κ2) is 6.98. The minimum atomic E-state index is 0.581. The standard InChI is InChI=1S/C15H14BrN3OS/c16-13-7-6-12(21-13)9-17-10-15-18-14(19-20-15)8-11-4-2-1-3-5-11/h1-7,17H,8-10H2. The summed E-state index contributed by atoms with van der Waals surface area (Å²) in [5.41, 5.74) is 1.18. The molecule has 0 spiro atoms. The fraction of sp³-hybridized carbons (Fsp3) is 0.200. The number of benzene rings is 1. The molecule has 0 radical (unpaired) electrons. The van der Waals surface area contributed by atoms with E-state index in [-0.39, 0.29) is 0 Å². The summed E-state index contributed by atoms with van der Waals surface area (Å²) in [6.07, 6.45) is 0.697. The molecular formula is C15H14BrN3OS. The van der Waals surface area contributed by atoms with Gasteiger partial charge >= 0.3 is 0 Å². The molecular weight excluding hydrogens is 350 g/mol. The summed E-state index contributed by atoms with van der Waals surface area (Å²) in [5.74, 6) is 1.34. The number of nitrogens with zero attached hydrogens (tertiary/aromatic N) is 2. The highest BCUT2D eigenvalue weighted by Crippen LogP contribution is 2.21. The van der Waals surface area contributed by atoms with Crippen molar-refractivity contribution >= 4 is 27.3 Å². The van der Waals surface area contributed by atoms with Crippen molar-refractivity contribution in [1.29, 1.82) is 0 Å². The molecule has 0 saturated heterocycles. The van der Waals surface area contributed by atoms with Gasteiger partial charge in [0.25, 0.3) is 0 Å². The van der Waals surface area contributed by atoms with E-state index in [2.05, 4.69) is 49.6 Å². The number of hydrogen-bond acceptors (Lipinski definition) is 5. The molecule has 3 rings (SSSR count). The van der Waals surface area contributed by atoms with Gasteiger partial charge in [0.05, 0.1) is 10.3 Å². The highest BCUT2D eigenvalue weighted by atomic mass is 79.9. The van der Waals surface area contributed by atoms with E-state index in [9.17, 15) is 0 Å². The molecule has 0 aliphatic rings. The first-order valence-electron chi connectivity index (χ1n) is 6.60. The lowest BCUT2D eigenvalue weighted by Gasteiger charge is -1.97. The zero-order chi connectivity index (χ0) is 14.5. The lowest BCUT2D eigenvalue weighted by atomic mass is 10.1. The van der Waals surface area contributed by atoms with Crippen molar-refractivity contribution in [3.05, 3.63) is 68.4 Å². The molecule has 21 heavy (non-hydrogen) atoms. The van der Waals surface area contributed by atoms with Gasteiger partial charge in [-0.3, -0.25) is 0 Å². The van der Waals surface area contributed by atoms with Crippen LogP contribution in [-0.2, 0) is 19.5 Å². The first-order valence-corrected chi connectivity index (χ1v) is 8.21. The Labute approximate surface area is 135 Å². The molecule has 0 aliphatic heterocycles. The van der Waals surface area contributed by atoms with E-state index in [1.807, 2.05) is 24.3 Å². The summed E-state index contributed by atoms with van der Waals surface area (Å²) >= 11 is 5.17. The maximum absolute atomic E-state index is 5.25. The molecule has 0 aliphatic carbocycles. The molecule has 1 aromatic carbocycles. The van der Waals surface area contributed by atoms with Gasteiger partial charge in [-0.15, -0.1) is 11.3 Å². The van der Waals surface area contributed by atoms with Crippen LogP contribution in [0.4, 0.5) is 0 Å². The van der Waals surface area contributed by atoms with Crippen LogP contribution in [0.5, 0.6) is 0 Å². The summed E-state index contributed by atoms with van der Waals surface area (Å²) in [5, 5.41) is 7.31. The largest absolute Gasteiger partial charge is 0.338 e. The topological polar surface area (TPSA) is 51.0 Å². The van der Waals surface area contributed by atoms with E-state index in [0.717, 1.165) is 16.2 Å². The molecule has 4 nitrogen and oxygen atoms in total. The van der Waals surface area contributed by atoms with Gasteiger partial charge in [-0.25, -0.2) is 0 Å². The van der Waals surface area contributed by atoms with Crippen molar-refractivity contribution in [2.75, 3.05) is 0 Å². The van der Waals surface area contributed by atoms with Crippen LogP contribution in [0.15, 0.2) is 50.8 Å². The predicted octanol–water partition coefficient (Wildman–Crippen LogP) is 3.77. The molecule has 1 N–H and O–H groups in total. The second-order valence-corrected chi connectivity index (χ2v) is 7.12. The zero-order valence-corrected chi connectivity index (χ0v) is 13.7. The summed E-state index contributed by atoms with van der Waals surface area (Å²) in [7, 11) is 0. The van der Waals surface area contributed by atoms with Crippen LogP contribution in [0.3, 0.4) is 0 Å². The number of thiophene rings is 1. The Kier molecular flexibility index (Phi) is 4.80. The van der Waals surface area contributed by atoms with Gasteiger partial charge in [0.2, 0.25) is 5.89 Å². The van der Waals surface area contributed by atoms with Crippen LogP contribution in [0.25, 0.3) is 0 Å². The molecule has 108 valence electrons. The van der Waals surface area contributed by atoms with Crippen molar-refractivity contribution in [2.45, 2.75) is 19.5 Å². The van der Waals surface area contributed by atoms with E-state index in [1.165, 1.54) is 10.4 Å². The van der Waals surface area contributed by atoms with Crippen molar-refractivity contribution < 1.29 is 4.52 Å². The van der Waals surface area contributed by atoms with Crippen LogP contribution in [-0.4, -0.2) is 10.1 Å². The number of halogens is 1. The monoisotopic (exact) mass is 363 g/mol. The van der Waals surface area contributed by atoms with Gasteiger partial charge in [-0.05, 0) is 33.6 Å². The lowest BCUT2D eigenvalue weighted by molar-refractivity contribution is 0.363. The normalized spacial score (nSPS) is 10.9. The van der Waals surface area contributed by atoms with Gasteiger partial charge < -0.3 is 9.84 Å². The molecule has 0 saturated carbocycles. The zero-order valence-electron chi connectivity index (χ0n) is 11.3. The van der Waals surface area contributed by atoms with Crippen molar-refractivity contribution in [1.82, 2.24) is 15.5 Å². The van der Waals surface area contributed by atoms with Gasteiger partial charge in [0, 0.05) is 17.8 Å². The Bertz CT molecular complexity index is 696. The van der Waals surface area contributed by atoms with Crippen LogP contribution in [0, 0.1) is 0 Å². The number of aromatic nitrogens is 2. The molecule has 2 aromatic heterocycles. The fourth-order valence-electron chi connectivity index (χ4n) is 1.95. The molecule has 0 bridgehead atoms. The minimum absolute atomic E-state index is 0.581. The Balaban J connectivity index is 1.51. The van der Waals surface area contributed by atoms with Crippen LogP contribution < -0.4 is 5.32 Å². The predicted molar refractivity (Wildman–Crippen MR) is 86.1 cm³/mol. The number of hydrogen-bond donors (Lipinski definition) is 1. The Morgan fingerprint density at radius 2 is 1.95 bits per heavy atom. The third kappa shape index (κ3) is 4.23. The van der Waals surface area contributed by atoms with Crippen molar-refractivity contribution in [3.8, 4) is 0 Å².